The van der Waals surface area contributed by atoms with Gasteiger partial charge in [-0.05, 0) is 43.5 Å². The Morgan fingerprint density at radius 2 is 1.96 bits per heavy atom. The van der Waals surface area contributed by atoms with Crippen molar-refractivity contribution in [3.63, 3.8) is 0 Å². The summed E-state index contributed by atoms with van der Waals surface area (Å²) in [7, 11) is 0. The molecule has 0 saturated carbocycles. The van der Waals surface area contributed by atoms with Crippen molar-refractivity contribution >= 4 is 29.3 Å². The van der Waals surface area contributed by atoms with E-state index in [4.69, 9.17) is 4.74 Å². The number of nitrogens with zero attached hydrogens (tertiary/aromatic N) is 1. The number of amides is 1. The van der Waals surface area contributed by atoms with Crippen molar-refractivity contribution in [1.82, 2.24) is 4.98 Å². The van der Waals surface area contributed by atoms with E-state index in [2.05, 4.69) is 10.3 Å². The van der Waals surface area contributed by atoms with Crippen LogP contribution in [0, 0.1) is 6.92 Å². The summed E-state index contributed by atoms with van der Waals surface area (Å²) in [6.45, 7) is 2.37. The maximum absolute atomic E-state index is 11.8. The Kier molecular flexibility index (Phi) is 7.98. The molecule has 1 heterocycles. The number of rotatable bonds is 9. The van der Waals surface area contributed by atoms with Crippen LogP contribution in [0.1, 0.15) is 17.5 Å². The number of aryl methyl sites for hydroxylation is 2. The number of hydrogen-bond donors (Lipinski definition) is 1. The first-order chi connectivity index (χ1) is 12.1. The lowest BCUT2D eigenvalue weighted by atomic mass is 10.2. The van der Waals surface area contributed by atoms with Crippen molar-refractivity contribution in [2.45, 2.75) is 19.8 Å². The maximum atomic E-state index is 11.8. The minimum absolute atomic E-state index is 0.127. The molecule has 5 nitrogen and oxygen atoms in total. The molecule has 132 valence electrons. The van der Waals surface area contributed by atoms with E-state index >= 15 is 0 Å². The molecule has 0 radical (unpaired) electrons. The number of aromatic nitrogens is 1. The van der Waals surface area contributed by atoms with Crippen LogP contribution in [0.25, 0.3) is 0 Å². The fourth-order valence-electron chi connectivity index (χ4n) is 2.11. The molecule has 6 heteroatoms. The first kappa shape index (κ1) is 19.0. The smallest absolute Gasteiger partial charge is 0.315 e. The number of pyridine rings is 1. The predicted octanol–water partition coefficient (Wildman–Crippen LogP) is 3.24. The zero-order valence-electron chi connectivity index (χ0n) is 14.2. The Labute approximate surface area is 152 Å². The number of carbonyl (C=O) groups excluding carboxylic acids is 2. The summed E-state index contributed by atoms with van der Waals surface area (Å²) in [6, 6.07) is 11.5. The Hall–Kier alpha value is -2.34. The first-order valence-corrected chi connectivity index (χ1v) is 9.28. The van der Waals surface area contributed by atoms with E-state index in [0.29, 0.717) is 6.61 Å². The second-order valence-electron chi connectivity index (χ2n) is 5.59. The summed E-state index contributed by atoms with van der Waals surface area (Å²) in [6.07, 6.45) is 5.13. The normalized spacial score (nSPS) is 10.3. The molecule has 0 aliphatic rings. The summed E-state index contributed by atoms with van der Waals surface area (Å²) in [5, 5.41) is 2.80. The van der Waals surface area contributed by atoms with Crippen LogP contribution >= 0.6 is 11.8 Å². The van der Waals surface area contributed by atoms with Gasteiger partial charge in [0.05, 0.1) is 18.1 Å². The van der Waals surface area contributed by atoms with Crippen LogP contribution in [0.5, 0.6) is 0 Å². The molecular formula is C19H22N2O3S. The highest BCUT2D eigenvalue weighted by molar-refractivity contribution is 8.00. The third-order valence-electron chi connectivity index (χ3n) is 3.38. The van der Waals surface area contributed by atoms with E-state index in [1.807, 2.05) is 49.5 Å². The van der Waals surface area contributed by atoms with Gasteiger partial charge in [-0.3, -0.25) is 14.6 Å². The van der Waals surface area contributed by atoms with Gasteiger partial charge in [-0.25, -0.2) is 0 Å². The summed E-state index contributed by atoms with van der Waals surface area (Å²) >= 11 is 1.25. The number of benzene rings is 1. The molecule has 0 saturated heterocycles. The van der Waals surface area contributed by atoms with Crippen LogP contribution in [0.2, 0.25) is 0 Å². The van der Waals surface area contributed by atoms with Gasteiger partial charge in [0.2, 0.25) is 5.91 Å². The van der Waals surface area contributed by atoms with Crippen molar-refractivity contribution in [2.24, 2.45) is 0 Å². The molecule has 0 aliphatic heterocycles. The minimum Gasteiger partial charge on any atom is -0.465 e. The number of thioether (sulfide) groups is 1. The van der Waals surface area contributed by atoms with Gasteiger partial charge in [0, 0.05) is 18.1 Å². The highest BCUT2D eigenvalue weighted by atomic mass is 32.2. The Morgan fingerprint density at radius 1 is 1.16 bits per heavy atom. The fraction of sp³-hybridized carbons (Fsp3) is 0.316. The van der Waals surface area contributed by atoms with Gasteiger partial charge < -0.3 is 10.1 Å². The van der Waals surface area contributed by atoms with Gasteiger partial charge in [-0.2, -0.15) is 0 Å². The topological polar surface area (TPSA) is 68.3 Å². The van der Waals surface area contributed by atoms with Crippen molar-refractivity contribution in [2.75, 3.05) is 23.4 Å². The first-order valence-electron chi connectivity index (χ1n) is 8.12. The summed E-state index contributed by atoms with van der Waals surface area (Å²) < 4.78 is 5.17. The molecule has 25 heavy (non-hydrogen) atoms. The van der Waals surface area contributed by atoms with Crippen LogP contribution in [0.15, 0.2) is 48.8 Å². The van der Waals surface area contributed by atoms with Crippen LogP contribution in [-0.4, -0.2) is 35.0 Å². The fourth-order valence-corrected chi connectivity index (χ4v) is 2.72. The average molecular weight is 358 g/mol. The van der Waals surface area contributed by atoms with E-state index in [9.17, 15) is 9.59 Å². The van der Waals surface area contributed by atoms with E-state index in [1.54, 1.807) is 6.20 Å². The molecule has 0 fully saturated rings. The van der Waals surface area contributed by atoms with Crippen molar-refractivity contribution < 1.29 is 14.3 Å². The van der Waals surface area contributed by atoms with E-state index in [0.717, 1.165) is 29.7 Å². The highest BCUT2D eigenvalue weighted by Crippen LogP contribution is 2.10. The molecule has 0 bridgehead atoms. The van der Waals surface area contributed by atoms with Crippen molar-refractivity contribution in [3.05, 3.63) is 59.9 Å². The average Bonchev–Trinajstić information content (AvgIpc) is 2.62. The van der Waals surface area contributed by atoms with Gasteiger partial charge in [-0.1, -0.05) is 23.8 Å². The molecule has 1 amide bonds. The molecule has 0 aliphatic carbocycles. The third kappa shape index (κ3) is 7.85. The summed E-state index contributed by atoms with van der Waals surface area (Å²) in [4.78, 5) is 27.5. The van der Waals surface area contributed by atoms with Crippen LogP contribution < -0.4 is 5.32 Å². The molecule has 0 unspecified atom stereocenters. The zero-order chi connectivity index (χ0) is 17.9. The minimum atomic E-state index is -0.292. The van der Waals surface area contributed by atoms with Crippen molar-refractivity contribution in [1.29, 1.82) is 0 Å². The summed E-state index contributed by atoms with van der Waals surface area (Å²) in [5.41, 5.74) is 3.02. The Balaban J connectivity index is 1.54. The van der Waals surface area contributed by atoms with E-state index in [1.165, 1.54) is 11.8 Å². The molecule has 2 rings (SSSR count). The number of ether oxygens (including phenoxy) is 1. The lowest BCUT2D eigenvalue weighted by Gasteiger charge is -2.06. The van der Waals surface area contributed by atoms with Crippen molar-refractivity contribution in [3.8, 4) is 0 Å². The molecule has 1 aromatic heterocycles. The predicted molar refractivity (Wildman–Crippen MR) is 101 cm³/mol. The SMILES string of the molecule is Cc1ccc(NC(=O)CSCC(=O)OCCCc2cccnc2)cc1. The zero-order valence-corrected chi connectivity index (χ0v) is 15.1. The maximum Gasteiger partial charge on any atom is 0.315 e. The molecule has 1 aromatic carbocycles. The van der Waals surface area contributed by atoms with Gasteiger partial charge in [0.25, 0.3) is 0 Å². The van der Waals surface area contributed by atoms with Gasteiger partial charge in [-0.15, -0.1) is 11.8 Å². The lowest BCUT2D eigenvalue weighted by molar-refractivity contribution is -0.140. The van der Waals surface area contributed by atoms with E-state index in [-0.39, 0.29) is 23.4 Å². The largest absolute Gasteiger partial charge is 0.465 e. The molecule has 2 aromatic rings. The van der Waals surface area contributed by atoms with Crippen LogP contribution in [0.3, 0.4) is 0 Å². The van der Waals surface area contributed by atoms with Gasteiger partial charge in [0.1, 0.15) is 0 Å². The van der Waals surface area contributed by atoms with Crippen LogP contribution in [-0.2, 0) is 20.7 Å². The number of nitrogens with one attached hydrogen (secondary N) is 1. The number of esters is 1. The van der Waals surface area contributed by atoms with Gasteiger partial charge >= 0.3 is 5.97 Å². The van der Waals surface area contributed by atoms with E-state index < -0.39 is 0 Å². The molecule has 0 atom stereocenters. The van der Waals surface area contributed by atoms with Gasteiger partial charge in [0.15, 0.2) is 0 Å². The number of carbonyl (C=O) groups is 2. The number of anilines is 1. The second kappa shape index (κ2) is 10.5. The monoisotopic (exact) mass is 358 g/mol. The standard InChI is InChI=1S/C19H22N2O3S/c1-15-6-8-17(9-7-15)21-18(22)13-25-14-19(23)24-11-3-5-16-4-2-10-20-12-16/h2,4,6-10,12H,3,5,11,13-14H2,1H3,(H,21,22). The lowest BCUT2D eigenvalue weighted by Crippen LogP contribution is -2.16. The molecular weight excluding hydrogens is 336 g/mol. The number of hydrogen-bond acceptors (Lipinski definition) is 5. The second-order valence-corrected chi connectivity index (χ2v) is 6.58. The third-order valence-corrected chi connectivity index (χ3v) is 4.29. The quantitative estimate of drug-likeness (QED) is 0.550. The molecule has 1 N–H and O–H groups in total. The Bertz CT molecular complexity index is 675. The van der Waals surface area contributed by atoms with Crippen LogP contribution in [0.4, 0.5) is 5.69 Å². The highest BCUT2D eigenvalue weighted by Gasteiger charge is 2.07. The molecule has 0 spiro atoms. The Morgan fingerprint density at radius 3 is 2.68 bits per heavy atom. The summed E-state index contributed by atoms with van der Waals surface area (Å²) in [5.74, 6) is -0.0232.